The SMILES string of the molecule is CCCCCCCCCCCCCCCCCCCCCCCCC(=O)O[C@H](COC(=O)CCCCCCCCCCCCCC)COP(=O)(O)OC[C@@H](O)COP(=O)(O)OC[C@@H](COC(=O)CCCCCCCCC(C)CC)OC(=O)CCCCCCCCCCCCCC. The minimum Gasteiger partial charge on any atom is -0.462 e. The van der Waals surface area contributed by atoms with Gasteiger partial charge in [0, 0.05) is 25.7 Å². The summed E-state index contributed by atoms with van der Waals surface area (Å²) in [4.78, 5) is 72.8. The number of esters is 4. The molecule has 570 valence electrons. The molecule has 19 heteroatoms. The van der Waals surface area contributed by atoms with Crippen molar-refractivity contribution in [2.24, 2.45) is 5.92 Å². The maximum absolute atomic E-state index is 13.1. The van der Waals surface area contributed by atoms with Gasteiger partial charge in [-0.3, -0.25) is 37.3 Å². The van der Waals surface area contributed by atoms with Gasteiger partial charge in [-0.1, -0.05) is 356 Å². The fourth-order valence-electron chi connectivity index (χ4n) is 11.8. The lowest BCUT2D eigenvalue weighted by Gasteiger charge is -2.21. The number of aliphatic hydroxyl groups is 1. The number of carbonyl (C=O) groups is 4. The van der Waals surface area contributed by atoms with Gasteiger partial charge in [0.2, 0.25) is 0 Å². The molecule has 6 atom stereocenters. The molecule has 0 saturated carbocycles. The van der Waals surface area contributed by atoms with Crippen molar-refractivity contribution >= 4 is 39.5 Å². The van der Waals surface area contributed by atoms with Gasteiger partial charge in [-0.25, -0.2) is 9.13 Å². The number of hydrogen-bond acceptors (Lipinski definition) is 15. The van der Waals surface area contributed by atoms with Crippen molar-refractivity contribution in [2.75, 3.05) is 39.6 Å². The second-order valence-corrected chi connectivity index (χ2v) is 30.9. The van der Waals surface area contributed by atoms with E-state index < -0.39 is 97.5 Å². The van der Waals surface area contributed by atoms with Gasteiger partial charge in [0.05, 0.1) is 26.4 Å². The quantitative estimate of drug-likeness (QED) is 0.0222. The molecule has 0 aliphatic rings. The van der Waals surface area contributed by atoms with Gasteiger partial charge in [-0.15, -0.1) is 0 Å². The van der Waals surface area contributed by atoms with Gasteiger partial charge in [-0.2, -0.15) is 0 Å². The van der Waals surface area contributed by atoms with Gasteiger partial charge in [0.1, 0.15) is 19.3 Å². The first-order valence-electron chi connectivity index (χ1n) is 40.2. The summed E-state index contributed by atoms with van der Waals surface area (Å²) in [5, 5.41) is 10.6. The van der Waals surface area contributed by atoms with Crippen LogP contribution in [0.15, 0.2) is 0 Å². The predicted octanol–water partition coefficient (Wildman–Crippen LogP) is 22.9. The average Bonchev–Trinajstić information content (AvgIpc) is 2.29. The molecule has 0 amide bonds. The second-order valence-electron chi connectivity index (χ2n) is 28.0. The van der Waals surface area contributed by atoms with Gasteiger partial charge in [-0.05, 0) is 31.6 Å². The van der Waals surface area contributed by atoms with Crippen molar-refractivity contribution in [1.29, 1.82) is 0 Å². The van der Waals surface area contributed by atoms with Crippen molar-refractivity contribution in [1.82, 2.24) is 0 Å². The second kappa shape index (κ2) is 70.1. The molecule has 3 N–H and O–H groups in total. The molecule has 0 aromatic heterocycles. The largest absolute Gasteiger partial charge is 0.472 e. The molecular formula is C77H150O17P2. The third kappa shape index (κ3) is 69.2. The number of unbranched alkanes of at least 4 members (excludes halogenated alkanes) is 48. The Kier molecular flexibility index (Phi) is 68.7. The van der Waals surface area contributed by atoms with Crippen LogP contribution in [-0.4, -0.2) is 96.7 Å². The minimum atomic E-state index is -4.96. The Balaban J connectivity index is 5.17. The van der Waals surface area contributed by atoms with E-state index in [0.717, 1.165) is 102 Å². The fourth-order valence-corrected chi connectivity index (χ4v) is 13.4. The summed E-state index contributed by atoms with van der Waals surface area (Å²) in [7, 11) is -9.91. The highest BCUT2D eigenvalue weighted by Gasteiger charge is 2.30. The van der Waals surface area contributed by atoms with Gasteiger partial charge < -0.3 is 33.8 Å². The molecule has 17 nitrogen and oxygen atoms in total. The smallest absolute Gasteiger partial charge is 0.462 e. The van der Waals surface area contributed by atoms with E-state index >= 15 is 0 Å². The summed E-state index contributed by atoms with van der Waals surface area (Å²) < 4.78 is 68.5. The van der Waals surface area contributed by atoms with E-state index in [1.54, 1.807) is 0 Å². The monoisotopic (exact) mass is 1410 g/mol. The lowest BCUT2D eigenvalue weighted by molar-refractivity contribution is -0.161. The normalized spacial score (nSPS) is 14.2. The molecule has 0 bridgehead atoms. The Hall–Kier alpha value is -1.94. The highest BCUT2D eigenvalue weighted by Crippen LogP contribution is 2.45. The number of rotatable bonds is 77. The summed E-state index contributed by atoms with van der Waals surface area (Å²) in [6, 6.07) is 0. The van der Waals surface area contributed by atoms with Crippen molar-refractivity contribution in [3.05, 3.63) is 0 Å². The topological polar surface area (TPSA) is 237 Å². The van der Waals surface area contributed by atoms with Crippen molar-refractivity contribution in [3.8, 4) is 0 Å². The molecule has 0 aliphatic carbocycles. The molecule has 0 spiro atoms. The van der Waals surface area contributed by atoms with Crippen LogP contribution in [0, 0.1) is 5.92 Å². The lowest BCUT2D eigenvalue weighted by Crippen LogP contribution is -2.30. The first kappa shape index (κ1) is 94.1. The standard InChI is InChI=1S/C77H150O17P2/c1-6-10-13-16-19-22-25-28-29-30-31-32-33-34-35-36-37-40-43-46-53-58-63-77(82)93-72(66-87-74(79)60-55-50-44-41-38-26-23-20-17-14-11-7-2)68-91-95(83,84)89-64-71(78)65-90-96(85,86)92-69-73(67-88-75(80)61-56-51-48-47-49-54-59-70(5)9-4)94-76(81)62-57-52-45-42-39-27-24-21-18-15-12-8-3/h70-73,78H,6-69H2,1-5H3,(H,83,84)(H,85,86)/t70?,71-,72-,73-/m1/s1. The van der Waals surface area contributed by atoms with Gasteiger partial charge in [0.15, 0.2) is 12.2 Å². The maximum atomic E-state index is 13.1. The number of phosphoric acid groups is 2. The van der Waals surface area contributed by atoms with E-state index in [-0.39, 0.29) is 25.7 Å². The fraction of sp³-hybridized carbons (Fsp3) is 0.948. The van der Waals surface area contributed by atoms with Crippen LogP contribution in [0.1, 0.15) is 407 Å². The third-order valence-electron chi connectivity index (χ3n) is 18.4. The molecule has 0 fully saturated rings. The predicted molar refractivity (Wildman–Crippen MR) is 391 cm³/mol. The van der Waals surface area contributed by atoms with E-state index in [0.29, 0.717) is 25.7 Å². The van der Waals surface area contributed by atoms with E-state index in [2.05, 4.69) is 34.6 Å². The Bertz CT molecular complexity index is 1840. The molecule has 0 aromatic carbocycles. The molecule has 96 heavy (non-hydrogen) atoms. The first-order valence-corrected chi connectivity index (χ1v) is 43.2. The Morgan fingerprint density at radius 1 is 0.292 bits per heavy atom. The number of hydrogen-bond donors (Lipinski definition) is 3. The molecule has 3 unspecified atom stereocenters. The molecular weight excluding hydrogens is 1260 g/mol. The molecule has 0 saturated heterocycles. The molecule has 0 radical (unpaired) electrons. The van der Waals surface area contributed by atoms with Gasteiger partial charge in [0.25, 0.3) is 0 Å². The lowest BCUT2D eigenvalue weighted by atomic mass is 10.00. The summed E-state index contributed by atoms with van der Waals surface area (Å²) in [6.07, 6.45) is 59.8. The average molecular weight is 1410 g/mol. The third-order valence-corrected chi connectivity index (χ3v) is 20.3. The maximum Gasteiger partial charge on any atom is 0.472 e. The molecule has 0 rings (SSSR count). The first-order chi connectivity index (χ1) is 46.6. The van der Waals surface area contributed by atoms with E-state index in [9.17, 15) is 43.2 Å². The van der Waals surface area contributed by atoms with Crippen LogP contribution in [0.4, 0.5) is 0 Å². The van der Waals surface area contributed by atoms with Crippen LogP contribution >= 0.6 is 15.6 Å². The minimum absolute atomic E-state index is 0.107. The number of ether oxygens (including phenoxy) is 4. The van der Waals surface area contributed by atoms with Crippen molar-refractivity contribution in [2.45, 2.75) is 425 Å². The van der Waals surface area contributed by atoms with Crippen LogP contribution in [0.3, 0.4) is 0 Å². The van der Waals surface area contributed by atoms with Crippen LogP contribution in [0.25, 0.3) is 0 Å². The number of phosphoric ester groups is 2. The number of carbonyl (C=O) groups excluding carboxylic acids is 4. The van der Waals surface area contributed by atoms with Crippen LogP contribution < -0.4 is 0 Å². The Labute approximate surface area is 588 Å². The Morgan fingerprint density at radius 3 is 0.740 bits per heavy atom. The van der Waals surface area contributed by atoms with Crippen molar-refractivity contribution < 1.29 is 80.2 Å². The summed E-state index contributed by atoms with van der Waals surface area (Å²) in [5.74, 6) is -1.38. The summed E-state index contributed by atoms with van der Waals surface area (Å²) >= 11 is 0. The van der Waals surface area contributed by atoms with Crippen LogP contribution in [0.5, 0.6) is 0 Å². The summed E-state index contributed by atoms with van der Waals surface area (Å²) in [6.45, 7) is 7.25. The zero-order chi connectivity index (χ0) is 70.5. The van der Waals surface area contributed by atoms with E-state index in [4.69, 9.17) is 37.0 Å². The summed E-state index contributed by atoms with van der Waals surface area (Å²) in [5.41, 5.74) is 0. The highest BCUT2D eigenvalue weighted by atomic mass is 31.2. The van der Waals surface area contributed by atoms with Gasteiger partial charge >= 0.3 is 39.5 Å². The van der Waals surface area contributed by atoms with Crippen molar-refractivity contribution in [3.63, 3.8) is 0 Å². The highest BCUT2D eigenvalue weighted by molar-refractivity contribution is 7.47. The molecule has 0 aliphatic heterocycles. The zero-order valence-corrected chi connectivity index (χ0v) is 64.3. The van der Waals surface area contributed by atoms with Crippen LogP contribution in [0.2, 0.25) is 0 Å². The number of aliphatic hydroxyl groups excluding tert-OH is 1. The molecule has 0 heterocycles. The van der Waals surface area contributed by atoms with E-state index in [1.165, 1.54) is 225 Å². The Morgan fingerprint density at radius 2 is 0.500 bits per heavy atom. The van der Waals surface area contributed by atoms with E-state index in [1.807, 2.05) is 0 Å². The van der Waals surface area contributed by atoms with Crippen LogP contribution in [-0.2, 0) is 65.4 Å². The zero-order valence-electron chi connectivity index (χ0n) is 62.5. The molecule has 0 aromatic rings.